The van der Waals surface area contributed by atoms with E-state index in [9.17, 15) is 0 Å². The van der Waals surface area contributed by atoms with E-state index >= 15 is 0 Å². The molecule has 0 spiro atoms. The Bertz CT molecular complexity index is 405. The summed E-state index contributed by atoms with van der Waals surface area (Å²) in [4.78, 5) is 8.02. The SMILES string of the molecule is Clc1ncnc2c1C=CC=CC=C2. The van der Waals surface area contributed by atoms with Crippen LogP contribution >= 0.6 is 11.6 Å². The van der Waals surface area contributed by atoms with E-state index in [1.165, 1.54) is 6.33 Å². The van der Waals surface area contributed by atoms with Gasteiger partial charge in [0.05, 0.1) is 5.69 Å². The van der Waals surface area contributed by atoms with Gasteiger partial charge in [0.15, 0.2) is 0 Å². The molecule has 0 N–H and O–H groups in total. The van der Waals surface area contributed by atoms with E-state index in [0.29, 0.717) is 5.15 Å². The lowest BCUT2D eigenvalue weighted by Crippen LogP contribution is -1.91. The molecule has 13 heavy (non-hydrogen) atoms. The zero-order valence-electron chi connectivity index (χ0n) is 6.81. The highest BCUT2D eigenvalue weighted by molar-refractivity contribution is 6.31. The molecule has 1 aromatic heterocycles. The molecule has 2 rings (SSSR count). The first-order valence-electron chi connectivity index (χ1n) is 3.90. The molecule has 0 amide bonds. The quantitative estimate of drug-likeness (QED) is 0.588. The Hall–Kier alpha value is -1.41. The van der Waals surface area contributed by atoms with Gasteiger partial charge in [0, 0.05) is 5.56 Å². The third-order valence-electron chi connectivity index (χ3n) is 1.72. The van der Waals surface area contributed by atoms with Crippen molar-refractivity contribution in [2.24, 2.45) is 0 Å². The van der Waals surface area contributed by atoms with Gasteiger partial charge in [0.25, 0.3) is 0 Å². The first kappa shape index (κ1) is 8.20. The van der Waals surface area contributed by atoms with Crippen LogP contribution in [0, 0.1) is 0 Å². The van der Waals surface area contributed by atoms with Crippen LogP contribution in [0.4, 0.5) is 0 Å². The van der Waals surface area contributed by atoms with Crippen molar-refractivity contribution >= 4 is 23.8 Å². The fourth-order valence-electron chi connectivity index (χ4n) is 1.10. The molecule has 0 saturated heterocycles. The first-order valence-corrected chi connectivity index (χ1v) is 4.27. The number of fused-ring (bicyclic) bond motifs is 1. The van der Waals surface area contributed by atoms with E-state index in [-0.39, 0.29) is 0 Å². The van der Waals surface area contributed by atoms with E-state index in [1.54, 1.807) is 0 Å². The minimum atomic E-state index is 0.487. The Balaban J connectivity index is 2.62. The fraction of sp³-hybridized carbons (Fsp3) is 0. The van der Waals surface area contributed by atoms with E-state index < -0.39 is 0 Å². The van der Waals surface area contributed by atoms with Crippen LogP contribution in [0.3, 0.4) is 0 Å². The molecule has 3 heteroatoms. The second kappa shape index (κ2) is 3.54. The Morgan fingerprint density at radius 1 is 0.923 bits per heavy atom. The second-order valence-corrected chi connectivity index (χ2v) is 2.92. The standard InChI is InChI=1S/C10H7ClN2/c11-10-8-5-3-1-2-4-6-9(8)12-7-13-10/h1-7H. The average molecular weight is 191 g/mol. The molecule has 2 nitrogen and oxygen atoms in total. The zero-order valence-corrected chi connectivity index (χ0v) is 7.57. The number of rotatable bonds is 0. The molecule has 0 atom stereocenters. The predicted octanol–water partition coefficient (Wildman–Crippen LogP) is 2.73. The van der Waals surface area contributed by atoms with E-state index in [1.807, 2.05) is 36.5 Å². The van der Waals surface area contributed by atoms with Gasteiger partial charge in [0.1, 0.15) is 11.5 Å². The topological polar surface area (TPSA) is 25.8 Å². The van der Waals surface area contributed by atoms with Crippen molar-refractivity contribution in [1.29, 1.82) is 0 Å². The van der Waals surface area contributed by atoms with Gasteiger partial charge in [-0.1, -0.05) is 35.9 Å². The third-order valence-corrected chi connectivity index (χ3v) is 2.02. The van der Waals surface area contributed by atoms with E-state index in [2.05, 4.69) is 9.97 Å². The molecule has 0 fully saturated rings. The molecule has 1 aromatic rings. The highest BCUT2D eigenvalue weighted by Gasteiger charge is 2.03. The molecule has 1 aliphatic carbocycles. The Morgan fingerprint density at radius 3 is 2.54 bits per heavy atom. The molecule has 0 aromatic carbocycles. The molecule has 0 saturated carbocycles. The lowest BCUT2D eigenvalue weighted by atomic mass is 10.1. The van der Waals surface area contributed by atoms with Crippen LogP contribution in [-0.2, 0) is 0 Å². The molecule has 0 unspecified atom stereocenters. The van der Waals surface area contributed by atoms with Crippen LogP contribution in [-0.4, -0.2) is 9.97 Å². The van der Waals surface area contributed by atoms with Gasteiger partial charge < -0.3 is 0 Å². The van der Waals surface area contributed by atoms with Crippen molar-refractivity contribution in [2.45, 2.75) is 0 Å². The number of allylic oxidation sites excluding steroid dienone is 4. The average Bonchev–Trinajstić information content (AvgIpc) is 2.07. The predicted molar refractivity (Wildman–Crippen MR) is 54.3 cm³/mol. The highest BCUT2D eigenvalue weighted by atomic mass is 35.5. The minimum absolute atomic E-state index is 0.487. The van der Waals surface area contributed by atoms with Gasteiger partial charge in [0.2, 0.25) is 0 Å². The van der Waals surface area contributed by atoms with Crippen molar-refractivity contribution in [1.82, 2.24) is 9.97 Å². The number of aromatic nitrogens is 2. The monoisotopic (exact) mass is 190 g/mol. The van der Waals surface area contributed by atoms with Gasteiger partial charge in [-0.05, 0) is 12.2 Å². The van der Waals surface area contributed by atoms with Crippen LogP contribution in [0.5, 0.6) is 0 Å². The normalized spacial score (nSPS) is 13.6. The van der Waals surface area contributed by atoms with Crippen LogP contribution < -0.4 is 0 Å². The summed E-state index contributed by atoms with van der Waals surface area (Å²) in [5.74, 6) is 0. The summed E-state index contributed by atoms with van der Waals surface area (Å²) in [6.07, 6.45) is 13.0. The molecule has 1 heterocycles. The maximum absolute atomic E-state index is 5.91. The smallest absolute Gasteiger partial charge is 0.140 e. The van der Waals surface area contributed by atoms with Gasteiger partial charge in [-0.2, -0.15) is 0 Å². The zero-order chi connectivity index (χ0) is 9.10. The Morgan fingerprint density at radius 2 is 1.69 bits per heavy atom. The molecule has 64 valence electrons. The summed E-state index contributed by atoms with van der Waals surface area (Å²) < 4.78 is 0. The van der Waals surface area contributed by atoms with Crippen molar-refractivity contribution in [2.75, 3.05) is 0 Å². The van der Waals surface area contributed by atoms with Crippen molar-refractivity contribution in [3.63, 3.8) is 0 Å². The second-order valence-electron chi connectivity index (χ2n) is 2.57. The molecular weight excluding hydrogens is 184 g/mol. The van der Waals surface area contributed by atoms with Crippen molar-refractivity contribution in [3.05, 3.63) is 47.0 Å². The fourth-order valence-corrected chi connectivity index (χ4v) is 1.30. The van der Waals surface area contributed by atoms with Gasteiger partial charge in [-0.15, -0.1) is 0 Å². The van der Waals surface area contributed by atoms with Gasteiger partial charge >= 0.3 is 0 Å². The Labute approximate surface area is 81.3 Å². The van der Waals surface area contributed by atoms with E-state index in [0.717, 1.165) is 11.3 Å². The van der Waals surface area contributed by atoms with E-state index in [4.69, 9.17) is 11.6 Å². The van der Waals surface area contributed by atoms with Crippen molar-refractivity contribution in [3.8, 4) is 0 Å². The summed E-state index contributed by atoms with van der Waals surface area (Å²) in [5.41, 5.74) is 1.71. The molecule has 0 radical (unpaired) electrons. The summed E-state index contributed by atoms with van der Waals surface area (Å²) in [6.45, 7) is 0. The highest BCUT2D eigenvalue weighted by Crippen LogP contribution is 2.19. The molecule has 0 aliphatic heterocycles. The number of hydrogen-bond donors (Lipinski definition) is 0. The lowest BCUT2D eigenvalue weighted by Gasteiger charge is -2.01. The lowest BCUT2D eigenvalue weighted by molar-refractivity contribution is 1.14. The van der Waals surface area contributed by atoms with Crippen LogP contribution in [0.15, 0.2) is 30.6 Å². The maximum Gasteiger partial charge on any atom is 0.140 e. The molecule has 1 aliphatic rings. The van der Waals surface area contributed by atoms with Crippen LogP contribution in [0.25, 0.3) is 12.2 Å². The summed E-state index contributed by atoms with van der Waals surface area (Å²) >= 11 is 5.91. The number of halogens is 1. The number of hydrogen-bond acceptors (Lipinski definition) is 2. The Kier molecular flexibility index (Phi) is 2.23. The van der Waals surface area contributed by atoms with Gasteiger partial charge in [-0.3, -0.25) is 0 Å². The minimum Gasteiger partial charge on any atom is -0.236 e. The molecular formula is C10H7ClN2. The maximum atomic E-state index is 5.91. The summed E-state index contributed by atoms with van der Waals surface area (Å²) in [6, 6.07) is 0. The summed E-state index contributed by atoms with van der Waals surface area (Å²) in [7, 11) is 0. The van der Waals surface area contributed by atoms with Gasteiger partial charge in [-0.25, -0.2) is 9.97 Å². The van der Waals surface area contributed by atoms with Crippen LogP contribution in [0.1, 0.15) is 11.3 Å². The first-order chi connectivity index (χ1) is 6.38. The largest absolute Gasteiger partial charge is 0.236 e. The third kappa shape index (κ3) is 1.68. The number of nitrogens with zero attached hydrogens (tertiary/aromatic N) is 2. The van der Waals surface area contributed by atoms with Crippen LogP contribution in [0.2, 0.25) is 5.15 Å². The van der Waals surface area contributed by atoms with Crippen molar-refractivity contribution < 1.29 is 0 Å². The molecule has 0 bridgehead atoms. The summed E-state index contributed by atoms with van der Waals surface area (Å²) in [5, 5.41) is 0.487.